The molecule has 1 aromatic heterocycles. The van der Waals surface area contributed by atoms with Gasteiger partial charge in [0.2, 0.25) is 11.9 Å². The van der Waals surface area contributed by atoms with Crippen LogP contribution in [0.2, 0.25) is 0 Å². The second-order valence-electron chi connectivity index (χ2n) is 10.3. The molecule has 202 valence electrons. The third-order valence-electron chi connectivity index (χ3n) is 7.44. The number of para-hydroxylation sites is 1. The maximum atomic E-state index is 14.2. The van der Waals surface area contributed by atoms with Gasteiger partial charge in [0.1, 0.15) is 10.6 Å². The monoisotopic (exact) mass is 539 g/mol. The molecule has 2 N–H and O–H groups in total. The van der Waals surface area contributed by atoms with Gasteiger partial charge < -0.3 is 15.5 Å². The first-order valence-electron chi connectivity index (χ1n) is 13.8. The fourth-order valence-corrected chi connectivity index (χ4v) is 6.77. The van der Waals surface area contributed by atoms with Crippen LogP contribution in [0.4, 0.5) is 11.8 Å². The molecule has 0 unspecified atom stereocenters. The maximum Gasteiger partial charge on any atom is 0.245 e. The average Bonchev–Trinajstić information content (AvgIpc) is 2.97. The van der Waals surface area contributed by atoms with Gasteiger partial charge in [0, 0.05) is 31.6 Å². The fraction of sp³-hybridized carbons (Fsp3) is 0.344. The van der Waals surface area contributed by atoms with Gasteiger partial charge in [-0.05, 0) is 54.7 Å². The van der Waals surface area contributed by atoms with Crippen LogP contribution in [0.5, 0.6) is 0 Å². The highest BCUT2D eigenvalue weighted by Gasteiger charge is 2.43. The lowest BCUT2D eigenvalue weighted by Gasteiger charge is -2.36. The Labute approximate surface area is 235 Å². The van der Waals surface area contributed by atoms with Crippen molar-refractivity contribution in [2.75, 3.05) is 30.1 Å². The number of rotatable bonds is 9. The Bertz CT molecular complexity index is 1350. The quantitative estimate of drug-likeness (QED) is 0.263. The van der Waals surface area contributed by atoms with Crippen molar-refractivity contribution in [3.8, 4) is 0 Å². The van der Waals surface area contributed by atoms with Gasteiger partial charge in [0.15, 0.2) is 0 Å². The molecule has 3 aromatic carbocycles. The van der Waals surface area contributed by atoms with E-state index in [1.807, 2.05) is 73.6 Å². The molecule has 1 aliphatic rings. The number of nitrogens with zero attached hydrogens (tertiary/aromatic N) is 3. The first-order valence-corrected chi connectivity index (χ1v) is 14.8. The smallest absolute Gasteiger partial charge is 0.245 e. The van der Waals surface area contributed by atoms with Crippen molar-refractivity contribution in [2.45, 2.75) is 49.4 Å². The number of aromatic nitrogens is 2. The molecular weight excluding hydrogens is 502 g/mol. The van der Waals surface area contributed by atoms with Crippen molar-refractivity contribution in [3.63, 3.8) is 0 Å². The molecule has 1 aliphatic carbocycles. The maximum absolute atomic E-state index is 14.2. The Morgan fingerprint density at radius 3 is 2.00 bits per heavy atom. The van der Waals surface area contributed by atoms with Crippen LogP contribution in [0.15, 0.2) is 84.9 Å². The number of amides is 1. The summed E-state index contributed by atoms with van der Waals surface area (Å²) in [5.41, 5.74) is 2.97. The molecule has 1 amide bonds. The van der Waals surface area contributed by atoms with Gasteiger partial charge in [-0.1, -0.05) is 79.7 Å². The van der Waals surface area contributed by atoms with E-state index in [1.54, 1.807) is 11.8 Å². The van der Waals surface area contributed by atoms with Gasteiger partial charge in [0.25, 0.3) is 0 Å². The normalized spacial score (nSPS) is 17.5. The summed E-state index contributed by atoms with van der Waals surface area (Å²) >= 11 is 1.69. The summed E-state index contributed by atoms with van der Waals surface area (Å²) in [5, 5.41) is 8.07. The molecule has 0 bridgehead atoms. The molecule has 6 nitrogen and oxygen atoms in total. The van der Waals surface area contributed by atoms with E-state index < -0.39 is 4.75 Å². The van der Waals surface area contributed by atoms with Crippen molar-refractivity contribution in [3.05, 3.63) is 96.1 Å². The zero-order valence-electron chi connectivity index (χ0n) is 22.9. The summed E-state index contributed by atoms with van der Waals surface area (Å²) in [6.45, 7) is 2.12. The molecule has 1 fully saturated rings. The Balaban J connectivity index is 1.30. The summed E-state index contributed by atoms with van der Waals surface area (Å²) in [4.78, 5) is 25.8. The van der Waals surface area contributed by atoms with Gasteiger partial charge in [0.05, 0.1) is 5.52 Å². The lowest BCUT2D eigenvalue weighted by atomic mass is 9.87. The van der Waals surface area contributed by atoms with Crippen molar-refractivity contribution in [2.24, 2.45) is 0 Å². The lowest BCUT2D eigenvalue weighted by Crippen LogP contribution is -2.49. The molecule has 0 atom stereocenters. The molecule has 4 aromatic rings. The number of carbonyl (C=O) groups excluding carboxylic acids is 1. The van der Waals surface area contributed by atoms with Crippen molar-refractivity contribution in [1.29, 1.82) is 0 Å². The van der Waals surface area contributed by atoms with E-state index in [-0.39, 0.29) is 18.0 Å². The third-order valence-corrected chi connectivity index (χ3v) is 8.82. The van der Waals surface area contributed by atoms with Crippen LogP contribution in [-0.4, -0.2) is 47.8 Å². The molecule has 0 radical (unpaired) electrons. The number of hydrogen-bond donors (Lipinski definition) is 2. The summed E-state index contributed by atoms with van der Waals surface area (Å²) in [6.07, 6.45) is 3.72. The van der Waals surface area contributed by atoms with Gasteiger partial charge >= 0.3 is 0 Å². The number of hydrogen-bond acceptors (Lipinski definition) is 6. The van der Waals surface area contributed by atoms with Crippen LogP contribution in [0, 0.1) is 0 Å². The van der Waals surface area contributed by atoms with Gasteiger partial charge in [-0.15, -0.1) is 11.8 Å². The molecule has 39 heavy (non-hydrogen) atoms. The summed E-state index contributed by atoms with van der Waals surface area (Å²) in [5.74, 6) is 2.47. The predicted octanol–water partition coefficient (Wildman–Crippen LogP) is 6.23. The lowest BCUT2D eigenvalue weighted by molar-refractivity contribution is -0.123. The van der Waals surface area contributed by atoms with Crippen LogP contribution in [0.25, 0.3) is 10.9 Å². The number of fused-ring (bicyclic) bond motifs is 1. The highest BCUT2D eigenvalue weighted by atomic mass is 32.2. The van der Waals surface area contributed by atoms with E-state index in [0.717, 1.165) is 59.3 Å². The van der Waals surface area contributed by atoms with Crippen LogP contribution in [0.1, 0.15) is 43.7 Å². The molecule has 0 spiro atoms. The van der Waals surface area contributed by atoms with E-state index in [4.69, 9.17) is 9.97 Å². The average molecular weight is 540 g/mol. The van der Waals surface area contributed by atoms with E-state index in [0.29, 0.717) is 5.95 Å². The summed E-state index contributed by atoms with van der Waals surface area (Å²) in [6, 6.07) is 28.9. The number of nitrogens with one attached hydrogen (secondary N) is 2. The second-order valence-corrected chi connectivity index (χ2v) is 11.8. The molecule has 7 heteroatoms. The fourth-order valence-electron chi connectivity index (χ4n) is 5.54. The number of thioether (sulfide) groups is 1. The molecule has 0 aliphatic heterocycles. The van der Waals surface area contributed by atoms with E-state index in [2.05, 4.69) is 47.9 Å². The number of anilines is 2. The highest BCUT2D eigenvalue weighted by Crippen LogP contribution is 2.43. The Hall–Kier alpha value is -3.58. The van der Waals surface area contributed by atoms with E-state index in [9.17, 15) is 4.79 Å². The Kier molecular flexibility index (Phi) is 8.36. The van der Waals surface area contributed by atoms with Crippen molar-refractivity contribution < 1.29 is 4.79 Å². The highest BCUT2D eigenvalue weighted by molar-refractivity contribution is 8.01. The van der Waals surface area contributed by atoms with Gasteiger partial charge in [-0.3, -0.25) is 4.79 Å². The predicted molar refractivity (Wildman–Crippen MR) is 163 cm³/mol. The summed E-state index contributed by atoms with van der Waals surface area (Å²) < 4.78 is -0.784. The molecule has 5 rings (SSSR count). The molecule has 1 saturated carbocycles. The van der Waals surface area contributed by atoms with Gasteiger partial charge in [-0.25, -0.2) is 4.98 Å². The second kappa shape index (κ2) is 12.1. The molecular formula is C32H37N5OS. The van der Waals surface area contributed by atoms with Gasteiger partial charge in [-0.2, -0.15) is 4.98 Å². The van der Waals surface area contributed by atoms with Crippen LogP contribution >= 0.6 is 11.8 Å². The van der Waals surface area contributed by atoms with E-state index in [1.165, 1.54) is 0 Å². The van der Waals surface area contributed by atoms with Crippen LogP contribution in [0.3, 0.4) is 0 Å². The standard InChI is InChI=1S/C32H37N5OS/c1-4-39-32(23-13-7-5-8-14-23,24-15-9-6-10-16-24)30(38)33-25-19-21-26(22-20-25)34-31-35-28-18-12-11-17-27(28)29(36-31)37(2)3/h5-18,25-26H,4,19-22H2,1-3H3,(H,33,38)(H,34,35,36)/t25-,26+. The zero-order valence-corrected chi connectivity index (χ0v) is 23.7. The van der Waals surface area contributed by atoms with E-state index >= 15 is 0 Å². The van der Waals surface area contributed by atoms with Crippen LogP contribution in [-0.2, 0) is 9.54 Å². The first kappa shape index (κ1) is 27.0. The van der Waals surface area contributed by atoms with Crippen molar-refractivity contribution in [1.82, 2.24) is 15.3 Å². The first-order chi connectivity index (χ1) is 19.0. The third kappa shape index (κ3) is 5.74. The summed E-state index contributed by atoms with van der Waals surface area (Å²) in [7, 11) is 4.02. The zero-order chi connectivity index (χ0) is 27.2. The largest absolute Gasteiger partial charge is 0.362 e. The molecule has 0 saturated heterocycles. The minimum absolute atomic E-state index is 0.0663. The van der Waals surface area contributed by atoms with Crippen molar-refractivity contribution >= 4 is 40.3 Å². The molecule has 1 heterocycles. The number of carbonyl (C=O) groups is 1. The minimum Gasteiger partial charge on any atom is -0.362 e. The number of benzene rings is 3. The SMILES string of the molecule is CCSC(C(=O)N[C@H]1CC[C@@H](Nc2nc(N(C)C)c3ccccc3n2)CC1)(c1ccccc1)c1ccccc1. The Morgan fingerprint density at radius 1 is 0.846 bits per heavy atom. The minimum atomic E-state index is -0.784. The Morgan fingerprint density at radius 2 is 1.41 bits per heavy atom. The topological polar surface area (TPSA) is 70.2 Å². The van der Waals surface area contributed by atoms with Crippen LogP contribution < -0.4 is 15.5 Å².